The van der Waals surface area contributed by atoms with E-state index in [1.54, 1.807) is 31.4 Å². The minimum atomic E-state index is -0.304. The van der Waals surface area contributed by atoms with Crippen molar-refractivity contribution in [2.24, 2.45) is 7.05 Å². The lowest BCUT2D eigenvalue weighted by Gasteiger charge is -2.04. The molecule has 3 rings (SSSR count). The summed E-state index contributed by atoms with van der Waals surface area (Å²) >= 11 is 0. The molecule has 2 aromatic heterocycles. The van der Waals surface area contributed by atoms with Crippen molar-refractivity contribution in [2.45, 2.75) is 6.42 Å². The summed E-state index contributed by atoms with van der Waals surface area (Å²) in [7, 11) is 1.71. The van der Waals surface area contributed by atoms with Crippen LogP contribution in [0.4, 0.5) is 4.39 Å². The van der Waals surface area contributed by atoms with Crippen LogP contribution in [0.1, 0.15) is 16.2 Å². The molecular weight excluding hydrogens is 307 g/mol. The van der Waals surface area contributed by atoms with Crippen LogP contribution in [0, 0.1) is 5.82 Å². The first-order valence-electron chi connectivity index (χ1n) is 7.61. The number of hydrogen-bond donors (Lipinski definition) is 1. The number of aryl methyl sites for hydroxylation is 1. The predicted molar refractivity (Wildman–Crippen MR) is 88.9 cm³/mol. The topological polar surface area (TPSA) is 59.8 Å². The fraction of sp³-hybridized carbons (Fsp3) is 0.167. The van der Waals surface area contributed by atoms with E-state index >= 15 is 0 Å². The van der Waals surface area contributed by atoms with Gasteiger partial charge in [-0.2, -0.15) is 5.10 Å². The van der Waals surface area contributed by atoms with Gasteiger partial charge in [0.1, 0.15) is 11.5 Å². The Morgan fingerprint density at radius 1 is 1.21 bits per heavy atom. The Balaban J connectivity index is 1.66. The number of carbonyl (C=O) groups excluding carboxylic acids is 1. The molecule has 0 radical (unpaired) electrons. The van der Waals surface area contributed by atoms with Crippen LogP contribution in [0.3, 0.4) is 0 Å². The van der Waals surface area contributed by atoms with E-state index in [0.29, 0.717) is 24.4 Å². The van der Waals surface area contributed by atoms with E-state index in [4.69, 9.17) is 0 Å². The van der Waals surface area contributed by atoms with Gasteiger partial charge in [-0.3, -0.25) is 14.5 Å². The molecule has 6 heteroatoms. The molecule has 0 saturated carbocycles. The molecule has 0 spiro atoms. The highest BCUT2D eigenvalue weighted by Gasteiger charge is 2.14. The molecular formula is C18H17FN4O. The first-order valence-corrected chi connectivity index (χ1v) is 7.61. The van der Waals surface area contributed by atoms with E-state index in [2.05, 4.69) is 15.4 Å². The Morgan fingerprint density at radius 2 is 2.00 bits per heavy atom. The highest BCUT2D eigenvalue weighted by molar-refractivity contribution is 5.93. The molecule has 0 aliphatic carbocycles. The molecule has 3 aromatic rings. The molecule has 0 aliphatic rings. The van der Waals surface area contributed by atoms with Crippen LogP contribution in [0.2, 0.25) is 0 Å². The van der Waals surface area contributed by atoms with Gasteiger partial charge in [-0.15, -0.1) is 0 Å². The Hall–Kier alpha value is -3.02. The average molecular weight is 324 g/mol. The molecule has 0 atom stereocenters. The molecule has 24 heavy (non-hydrogen) atoms. The van der Waals surface area contributed by atoms with Crippen molar-refractivity contribution < 1.29 is 9.18 Å². The summed E-state index contributed by atoms with van der Waals surface area (Å²) in [4.78, 5) is 16.5. The predicted octanol–water partition coefficient (Wildman–Crippen LogP) is 2.59. The first kappa shape index (κ1) is 15.9. The third kappa shape index (κ3) is 3.65. The number of amides is 1. The van der Waals surface area contributed by atoms with Gasteiger partial charge in [-0.05, 0) is 42.5 Å². The monoisotopic (exact) mass is 324 g/mol. The molecule has 1 aromatic carbocycles. The number of carbonyl (C=O) groups is 1. The van der Waals surface area contributed by atoms with Crippen molar-refractivity contribution in [3.05, 3.63) is 71.9 Å². The van der Waals surface area contributed by atoms with Crippen molar-refractivity contribution in [3.8, 4) is 11.3 Å². The van der Waals surface area contributed by atoms with E-state index in [1.165, 1.54) is 16.8 Å². The number of benzene rings is 1. The standard InChI is InChI=1S/C18H17FN4O/c1-23-17(12-16(22-23)13-5-7-14(19)8-6-13)18(24)21-11-9-15-4-2-3-10-20-15/h2-8,10,12H,9,11H2,1H3,(H,21,24). The quantitative estimate of drug-likeness (QED) is 0.785. The summed E-state index contributed by atoms with van der Waals surface area (Å²) in [5, 5.41) is 7.18. The van der Waals surface area contributed by atoms with Gasteiger partial charge in [-0.1, -0.05) is 6.07 Å². The lowest BCUT2D eigenvalue weighted by atomic mass is 10.1. The summed E-state index contributed by atoms with van der Waals surface area (Å²) in [5.74, 6) is -0.503. The zero-order chi connectivity index (χ0) is 16.9. The van der Waals surface area contributed by atoms with E-state index in [1.807, 2.05) is 18.2 Å². The summed E-state index contributed by atoms with van der Waals surface area (Å²) in [5.41, 5.74) is 2.78. The van der Waals surface area contributed by atoms with E-state index in [0.717, 1.165) is 11.3 Å². The van der Waals surface area contributed by atoms with Crippen molar-refractivity contribution in [1.82, 2.24) is 20.1 Å². The highest BCUT2D eigenvalue weighted by atomic mass is 19.1. The summed E-state index contributed by atoms with van der Waals surface area (Å²) in [6, 6.07) is 13.4. The third-order valence-electron chi connectivity index (χ3n) is 3.65. The van der Waals surface area contributed by atoms with Crippen LogP contribution in [0.25, 0.3) is 11.3 Å². The summed E-state index contributed by atoms with van der Waals surface area (Å²) in [6.07, 6.45) is 2.39. The summed E-state index contributed by atoms with van der Waals surface area (Å²) < 4.78 is 14.5. The third-order valence-corrected chi connectivity index (χ3v) is 3.65. The minimum Gasteiger partial charge on any atom is -0.350 e. The molecule has 0 bridgehead atoms. The Morgan fingerprint density at radius 3 is 2.71 bits per heavy atom. The van der Waals surface area contributed by atoms with Crippen LogP contribution < -0.4 is 5.32 Å². The van der Waals surface area contributed by atoms with Crippen LogP contribution in [0.15, 0.2) is 54.7 Å². The van der Waals surface area contributed by atoms with Gasteiger partial charge >= 0.3 is 0 Å². The van der Waals surface area contributed by atoms with Gasteiger partial charge in [0.05, 0.1) is 5.69 Å². The van der Waals surface area contributed by atoms with Gasteiger partial charge in [0.15, 0.2) is 0 Å². The van der Waals surface area contributed by atoms with Crippen LogP contribution in [0.5, 0.6) is 0 Å². The minimum absolute atomic E-state index is 0.200. The number of rotatable bonds is 5. The molecule has 0 saturated heterocycles. The van der Waals surface area contributed by atoms with Crippen LogP contribution in [-0.2, 0) is 13.5 Å². The molecule has 2 heterocycles. The lowest BCUT2D eigenvalue weighted by Crippen LogP contribution is -2.27. The van der Waals surface area contributed by atoms with E-state index in [9.17, 15) is 9.18 Å². The number of halogens is 1. The van der Waals surface area contributed by atoms with E-state index < -0.39 is 0 Å². The fourth-order valence-corrected chi connectivity index (χ4v) is 2.38. The number of pyridine rings is 1. The molecule has 0 aliphatic heterocycles. The smallest absolute Gasteiger partial charge is 0.269 e. The zero-order valence-corrected chi connectivity index (χ0v) is 13.2. The molecule has 1 amide bonds. The maximum atomic E-state index is 13.0. The van der Waals surface area contributed by atoms with Crippen LogP contribution in [-0.4, -0.2) is 27.2 Å². The van der Waals surface area contributed by atoms with Crippen molar-refractivity contribution >= 4 is 5.91 Å². The van der Waals surface area contributed by atoms with Gasteiger partial charge in [0.25, 0.3) is 5.91 Å². The second-order valence-corrected chi connectivity index (χ2v) is 5.37. The maximum Gasteiger partial charge on any atom is 0.269 e. The number of nitrogens with zero attached hydrogens (tertiary/aromatic N) is 3. The van der Waals surface area contributed by atoms with Crippen molar-refractivity contribution in [3.63, 3.8) is 0 Å². The normalized spacial score (nSPS) is 10.6. The average Bonchev–Trinajstić information content (AvgIpc) is 2.98. The molecule has 0 fully saturated rings. The number of aromatic nitrogens is 3. The highest BCUT2D eigenvalue weighted by Crippen LogP contribution is 2.19. The zero-order valence-electron chi connectivity index (χ0n) is 13.2. The number of hydrogen-bond acceptors (Lipinski definition) is 3. The molecule has 122 valence electrons. The Bertz CT molecular complexity index is 828. The van der Waals surface area contributed by atoms with Crippen LogP contribution >= 0.6 is 0 Å². The molecule has 5 nitrogen and oxygen atoms in total. The second-order valence-electron chi connectivity index (χ2n) is 5.37. The summed E-state index contributed by atoms with van der Waals surface area (Å²) in [6.45, 7) is 0.493. The maximum absolute atomic E-state index is 13.0. The van der Waals surface area contributed by atoms with Gasteiger partial charge in [0, 0.05) is 37.5 Å². The Kier molecular flexibility index (Phi) is 4.65. The van der Waals surface area contributed by atoms with Gasteiger partial charge < -0.3 is 5.32 Å². The van der Waals surface area contributed by atoms with Crippen molar-refractivity contribution in [1.29, 1.82) is 0 Å². The van der Waals surface area contributed by atoms with Crippen molar-refractivity contribution in [2.75, 3.05) is 6.54 Å². The number of nitrogens with one attached hydrogen (secondary N) is 1. The van der Waals surface area contributed by atoms with E-state index in [-0.39, 0.29) is 11.7 Å². The van der Waals surface area contributed by atoms with Gasteiger partial charge in [-0.25, -0.2) is 4.39 Å². The SMILES string of the molecule is Cn1nc(-c2ccc(F)cc2)cc1C(=O)NCCc1ccccn1. The largest absolute Gasteiger partial charge is 0.350 e. The molecule has 1 N–H and O–H groups in total. The fourth-order valence-electron chi connectivity index (χ4n) is 2.38. The second kappa shape index (κ2) is 7.04. The van der Waals surface area contributed by atoms with Gasteiger partial charge in [0.2, 0.25) is 0 Å². The first-order chi connectivity index (χ1) is 11.6. The Labute approximate surface area is 139 Å². The molecule has 0 unspecified atom stereocenters. The lowest BCUT2D eigenvalue weighted by molar-refractivity contribution is 0.0944.